The fourth-order valence-electron chi connectivity index (χ4n) is 0.878. The van der Waals surface area contributed by atoms with E-state index in [1.165, 1.54) is 17.3 Å². The van der Waals surface area contributed by atoms with Crippen molar-refractivity contribution in [1.82, 2.24) is 0 Å². The minimum Gasteiger partial charge on any atom is -0.478 e. The number of hydrogen-bond acceptors (Lipinski definition) is 2. The number of aromatic carboxylic acids is 1. The molecule has 0 radical (unpaired) electrons. The molecule has 1 aromatic carbocycles. The second-order valence-electron chi connectivity index (χ2n) is 2.67. The Morgan fingerprint density at radius 2 is 2.00 bits per heavy atom. The Balaban J connectivity index is 2.61. The summed E-state index contributed by atoms with van der Waals surface area (Å²) in [6.45, 7) is 0. The Morgan fingerprint density at radius 3 is 2.47 bits per heavy atom. The quantitative estimate of drug-likeness (QED) is 0.839. The van der Waals surface area contributed by atoms with Crippen molar-refractivity contribution in [2.75, 3.05) is 5.75 Å². The molecule has 1 rings (SSSR count). The average Bonchev–Trinajstić information content (AvgIpc) is 2.26. The summed E-state index contributed by atoms with van der Waals surface area (Å²) >= 11 is 12.6. The van der Waals surface area contributed by atoms with Gasteiger partial charge in [-0.1, -0.05) is 23.2 Å². The molecule has 0 aromatic heterocycles. The first-order valence-electron chi connectivity index (χ1n) is 4.04. The van der Waals surface area contributed by atoms with Crippen LogP contribution in [0.15, 0.2) is 39.7 Å². The molecular weight excluding hydrogens is 255 g/mol. The molecule has 5 heteroatoms. The van der Waals surface area contributed by atoms with E-state index in [-0.39, 0.29) is 5.56 Å². The van der Waals surface area contributed by atoms with E-state index >= 15 is 0 Å². The molecule has 0 unspecified atom stereocenters. The molecule has 2 nitrogen and oxygen atoms in total. The molecule has 0 saturated heterocycles. The lowest BCUT2D eigenvalue weighted by Gasteiger charge is -2.00. The van der Waals surface area contributed by atoms with Crippen molar-refractivity contribution in [1.29, 1.82) is 0 Å². The summed E-state index contributed by atoms with van der Waals surface area (Å²) in [5, 5.41) is 9.24. The first-order valence-corrected chi connectivity index (χ1v) is 5.84. The fraction of sp³-hybridized carbons (Fsp3) is 0.100. The maximum absolute atomic E-state index is 10.6. The lowest BCUT2D eigenvalue weighted by atomic mass is 10.2. The number of carboxylic acids is 1. The van der Waals surface area contributed by atoms with Crippen molar-refractivity contribution < 1.29 is 9.90 Å². The minimum absolute atomic E-state index is 0.276. The van der Waals surface area contributed by atoms with Gasteiger partial charge < -0.3 is 5.11 Å². The van der Waals surface area contributed by atoms with Crippen LogP contribution in [-0.2, 0) is 0 Å². The molecule has 1 N–H and O–H groups in total. The van der Waals surface area contributed by atoms with Crippen LogP contribution in [0.1, 0.15) is 10.4 Å². The van der Waals surface area contributed by atoms with E-state index < -0.39 is 5.97 Å². The van der Waals surface area contributed by atoms with Crippen LogP contribution in [0.5, 0.6) is 0 Å². The molecule has 0 aliphatic carbocycles. The molecule has 15 heavy (non-hydrogen) atoms. The molecule has 0 aliphatic rings. The summed E-state index contributed by atoms with van der Waals surface area (Å²) in [7, 11) is 0. The van der Waals surface area contributed by atoms with Gasteiger partial charge in [-0.25, -0.2) is 4.79 Å². The molecule has 0 bridgehead atoms. The molecule has 1 aromatic rings. The fourth-order valence-corrected chi connectivity index (χ4v) is 1.93. The van der Waals surface area contributed by atoms with Crippen molar-refractivity contribution in [2.45, 2.75) is 4.90 Å². The van der Waals surface area contributed by atoms with Crippen molar-refractivity contribution in [3.8, 4) is 0 Å². The van der Waals surface area contributed by atoms with Crippen molar-refractivity contribution in [2.24, 2.45) is 0 Å². The Bertz CT molecular complexity index is 374. The van der Waals surface area contributed by atoms with Crippen LogP contribution >= 0.6 is 35.0 Å². The summed E-state index contributed by atoms with van der Waals surface area (Å²) in [5.74, 6) is -0.345. The maximum Gasteiger partial charge on any atom is 0.335 e. The second kappa shape index (κ2) is 6.05. The highest BCUT2D eigenvalue weighted by Crippen LogP contribution is 2.22. The van der Waals surface area contributed by atoms with Gasteiger partial charge in [0.25, 0.3) is 0 Å². The Labute approximate surface area is 102 Å². The van der Waals surface area contributed by atoms with Crippen LogP contribution in [0.3, 0.4) is 0 Å². The highest BCUT2D eigenvalue weighted by Gasteiger charge is 2.02. The van der Waals surface area contributed by atoms with Gasteiger partial charge >= 0.3 is 5.97 Å². The summed E-state index contributed by atoms with van der Waals surface area (Å²) in [6.07, 6.45) is 0. The number of carbonyl (C=O) groups is 1. The van der Waals surface area contributed by atoms with Crippen molar-refractivity contribution in [3.05, 3.63) is 40.4 Å². The number of benzene rings is 1. The van der Waals surface area contributed by atoms with Crippen LogP contribution in [0.25, 0.3) is 0 Å². The first kappa shape index (κ1) is 12.4. The molecule has 0 amide bonds. The summed E-state index contributed by atoms with van der Waals surface area (Å²) in [4.78, 5) is 11.5. The van der Waals surface area contributed by atoms with E-state index in [0.29, 0.717) is 10.8 Å². The Hall–Kier alpha value is -0.640. The summed E-state index contributed by atoms with van der Waals surface area (Å²) < 4.78 is 0. The minimum atomic E-state index is -0.926. The van der Waals surface area contributed by atoms with Crippen LogP contribution in [0.2, 0.25) is 0 Å². The summed E-state index contributed by atoms with van der Waals surface area (Å²) in [5.41, 5.74) is 1.60. The third kappa shape index (κ3) is 4.16. The molecule has 0 fully saturated rings. The Kier molecular flexibility index (Phi) is 5.02. The summed E-state index contributed by atoms with van der Waals surface area (Å²) in [6, 6.07) is 6.60. The number of hydrogen-bond donors (Lipinski definition) is 1. The van der Waals surface area contributed by atoms with Crippen molar-refractivity contribution >= 4 is 40.9 Å². The van der Waals surface area contributed by atoms with Gasteiger partial charge in [-0.05, 0) is 24.3 Å². The van der Waals surface area contributed by atoms with E-state index in [1.807, 2.05) is 0 Å². The lowest BCUT2D eigenvalue weighted by molar-refractivity contribution is 0.0697. The zero-order valence-corrected chi connectivity index (χ0v) is 9.94. The number of thioether (sulfide) groups is 1. The highest BCUT2D eigenvalue weighted by molar-refractivity contribution is 7.99. The van der Waals surface area contributed by atoms with E-state index in [1.54, 1.807) is 24.3 Å². The first-order chi connectivity index (χ1) is 7.13. The lowest BCUT2D eigenvalue weighted by Crippen LogP contribution is -1.94. The average molecular weight is 263 g/mol. The van der Waals surface area contributed by atoms with Gasteiger partial charge in [-0.2, -0.15) is 0 Å². The number of halogens is 2. The molecule has 0 atom stereocenters. The van der Waals surface area contributed by atoms with Gasteiger partial charge in [-0.3, -0.25) is 0 Å². The molecule has 0 aliphatic heterocycles. The van der Waals surface area contributed by atoms with Crippen LogP contribution in [0, 0.1) is 0 Å². The number of rotatable bonds is 4. The molecule has 0 heterocycles. The zero-order chi connectivity index (χ0) is 11.3. The monoisotopic (exact) mass is 262 g/mol. The standard InChI is InChI=1S/C10H8Cl2O2S/c11-5-8(12)6-15-9-3-1-7(2-4-9)10(13)14/h1-5H,6H2,(H,13,14). The van der Waals surface area contributed by atoms with Crippen molar-refractivity contribution in [3.63, 3.8) is 0 Å². The maximum atomic E-state index is 10.6. The van der Waals surface area contributed by atoms with Gasteiger partial charge in [0.15, 0.2) is 0 Å². The van der Waals surface area contributed by atoms with Crippen LogP contribution in [-0.4, -0.2) is 16.8 Å². The van der Waals surface area contributed by atoms with Crippen LogP contribution in [0.4, 0.5) is 0 Å². The highest BCUT2D eigenvalue weighted by atomic mass is 35.5. The zero-order valence-electron chi connectivity index (χ0n) is 7.61. The predicted molar refractivity (Wildman–Crippen MR) is 63.9 cm³/mol. The third-order valence-electron chi connectivity index (χ3n) is 1.60. The second-order valence-corrected chi connectivity index (χ2v) is 4.43. The number of carboxylic acid groups (broad SMARTS) is 1. The SMILES string of the molecule is O=C(O)c1ccc(SCC(Cl)=CCl)cc1. The molecular formula is C10H8Cl2O2S. The van der Waals surface area contributed by atoms with Gasteiger partial charge in [0.2, 0.25) is 0 Å². The van der Waals surface area contributed by atoms with E-state index in [4.69, 9.17) is 28.3 Å². The van der Waals surface area contributed by atoms with E-state index in [9.17, 15) is 4.79 Å². The van der Waals surface area contributed by atoms with Gasteiger partial charge in [-0.15, -0.1) is 11.8 Å². The van der Waals surface area contributed by atoms with Gasteiger partial charge in [0.1, 0.15) is 0 Å². The normalized spacial score (nSPS) is 11.5. The van der Waals surface area contributed by atoms with E-state index in [0.717, 1.165) is 4.90 Å². The van der Waals surface area contributed by atoms with Gasteiger partial charge in [0, 0.05) is 21.2 Å². The van der Waals surface area contributed by atoms with E-state index in [2.05, 4.69) is 0 Å². The predicted octanol–water partition coefficient (Wildman–Crippen LogP) is 3.80. The van der Waals surface area contributed by atoms with Gasteiger partial charge in [0.05, 0.1) is 5.56 Å². The molecule has 0 spiro atoms. The Morgan fingerprint density at radius 1 is 1.40 bits per heavy atom. The molecule has 80 valence electrons. The largest absolute Gasteiger partial charge is 0.478 e. The molecule has 0 saturated carbocycles. The van der Waals surface area contributed by atoms with Crippen LogP contribution < -0.4 is 0 Å². The topological polar surface area (TPSA) is 37.3 Å². The third-order valence-corrected chi connectivity index (χ3v) is 3.43. The smallest absolute Gasteiger partial charge is 0.335 e.